The minimum atomic E-state index is -0.262. The second-order valence-corrected chi connectivity index (χ2v) is 17.9. The van der Waals surface area contributed by atoms with Crippen molar-refractivity contribution in [2.24, 2.45) is 23.2 Å². The molecule has 3 aromatic carbocycles. The molecule has 7 heteroatoms. The second kappa shape index (κ2) is 16.5. The standard InChI is InChI=1S/C50H57N5O2/c51-48-46-45(40-15-6-3-7-16-40)47(41-17-8-4-9-18-41)54(49(46)53-34-55(48)42-20-22-43(56)23-21-42)33-36-14-11-13-35(26-36)12-5-1-2-10-19-44(57)52-25-24-50-30-37-27-38(31-50)29-39(28-37)32-50/h3-4,6-9,11,13-18,26,34,37-39,42-43,51,56H,1-2,10,19-25,27-33H2,(H,52,57). The fraction of sp³-hybridized carbons (Fsp3) is 0.460. The summed E-state index contributed by atoms with van der Waals surface area (Å²) in [6, 6.07) is 29.5. The predicted octanol–water partition coefficient (Wildman–Crippen LogP) is 9.81. The van der Waals surface area contributed by atoms with Gasteiger partial charge in [0, 0.05) is 43.1 Å². The molecule has 2 heterocycles. The highest BCUT2D eigenvalue weighted by Gasteiger charge is 2.50. The molecule has 0 aliphatic heterocycles. The maximum absolute atomic E-state index is 12.7. The molecule has 7 nitrogen and oxygen atoms in total. The highest BCUT2D eigenvalue weighted by molar-refractivity contribution is 6.02. The molecule has 0 unspecified atom stereocenters. The number of benzene rings is 3. The van der Waals surface area contributed by atoms with Crippen LogP contribution in [0.4, 0.5) is 0 Å². The highest BCUT2D eigenvalue weighted by atomic mass is 16.3. The fourth-order valence-corrected chi connectivity index (χ4v) is 11.6. The topological polar surface area (TPSA) is 95.9 Å². The van der Waals surface area contributed by atoms with Gasteiger partial charge in [0.1, 0.15) is 11.1 Å². The summed E-state index contributed by atoms with van der Waals surface area (Å²) in [5, 5.41) is 24.0. The van der Waals surface area contributed by atoms with E-state index in [1.165, 1.54) is 44.9 Å². The van der Waals surface area contributed by atoms with Crippen LogP contribution in [0.3, 0.4) is 0 Å². The summed E-state index contributed by atoms with van der Waals surface area (Å²) in [7, 11) is 0. The SMILES string of the molecule is N=c1c2c(-c3ccccc3)c(-c3ccccc3)n(Cc3cccc(C#CCCCCC(=O)NCCC45CC6CC(CC(C6)C4)C5)c3)c2ncn1C1CCC(O)CC1. The van der Waals surface area contributed by atoms with Gasteiger partial charge in [0.05, 0.1) is 23.5 Å². The van der Waals surface area contributed by atoms with Gasteiger partial charge in [-0.1, -0.05) is 84.6 Å². The number of fused-ring (bicyclic) bond motifs is 1. The van der Waals surface area contributed by atoms with Crippen LogP contribution in [0.2, 0.25) is 0 Å². The van der Waals surface area contributed by atoms with Crippen molar-refractivity contribution in [1.82, 2.24) is 19.4 Å². The van der Waals surface area contributed by atoms with Crippen LogP contribution in [0.15, 0.2) is 91.3 Å². The number of aliphatic hydroxyl groups is 1. The van der Waals surface area contributed by atoms with Gasteiger partial charge in [0.25, 0.3) is 0 Å². The number of carbonyl (C=O) groups excluding carboxylic acids is 1. The fourth-order valence-electron chi connectivity index (χ4n) is 11.6. The third-order valence-electron chi connectivity index (χ3n) is 13.8. The molecule has 0 spiro atoms. The van der Waals surface area contributed by atoms with Gasteiger partial charge in [0.15, 0.2) is 0 Å². The molecule has 5 saturated carbocycles. The quantitative estimate of drug-likeness (QED) is 0.0873. The molecule has 294 valence electrons. The summed E-state index contributed by atoms with van der Waals surface area (Å²) in [6.07, 6.45) is 17.7. The number of rotatable bonds is 12. The van der Waals surface area contributed by atoms with Crippen LogP contribution in [-0.2, 0) is 11.3 Å². The Morgan fingerprint density at radius 3 is 2.25 bits per heavy atom. The Kier molecular flexibility index (Phi) is 10.9. The van der Waals surface area contributed by atoms with Gasteiger partial charge >= 0.3 is 0 Å². The van der Waals surface area contributed by atoms with E-state index in [4.69, 9.17) is 4.98 Å². The van der Waals surface area contributed by atoms with Crippen molar-refractivity contribution in [3.8, 4) is 34.2 Å². The zero-order valence-corrected chi connectivity index (χ0v) is 33.3. The zero-order chi connectivity index (χ0) is 38.8. The number of aliphatic hydroxyl groups excluding tert-OH is 1. The number of aromatic nitrogens is 3. The van der Waals surface area contributed by atoms with Gasteiger partial charge < -0.3 is 19.6 Å². The first-order chi connectivity index (χ1) is 27.9. The first kappa shape index (κ1) is 37.6. The van der Waals surface area contributed by atoms with E-state index in [9.17, 15) is 15.3 Å². The molecule has 10 rings (SSSR count). The summed E-state index contributed by atoms with van der Waals surface area (Å²) in [5.41, 5.74) is 8.06. The lowest BCUT2D eigenvalue weighted by atomic mass is 9.49. The first-order valence-electron chi connectivity index (χ1n) is 21.7. The molecule has 2 aromatic heterocycles. The van der Waals surface area contributed by atoms with E-state index in [1.807, 2.05) is 23.0 Å². The van der Waals surface area contributed by atoms with Crippen molar-refractivity contribution in [2.45, 2.75) is 115 Å². The molecular weight excluding hydrogens is 703 g/mol. The molecule has 5 aliphatic carbocycles. The number of carbonyl (C=O) groups is 1. The summed E-state index contributed by atoms with van der Waals surface area (Å²) in [5.74, 6) is 9.86. The molecular formula is C50H57N5O2. The van der Waals surface area contributed by atoms with Gasteiger partial charge in [-0.15, -0.1) is 0 Å². The van der Waals surface area contributed by atoms with Crippen molar-refractivity contribution in [3.05, 3.63) is 108 Å². The van der Waals surface area contributed by atoms with Crippen molar-refractivity contribution in [1.29, 1.82) is 5.41 Å². The number of hydrogen-bond acceptors (Lipinski definition) is 4. The normalized spacial score (nSPS) is 25.0. The molecule has 1 amide bonds. The van der Waals surface area contributed by atoms with E-state index in [-0.39, 0.29) is 18.1 Å². The van der Waals surface area contributed by atoms with Gasteiger partial charge in [-0.05, 0) is 135 Å². The number of amides is 1. The van der Waals surface area contributed by atoms with Gasteiger partial charge in [-0.25, -0.2) is 4.98 Å². The van der Waals surface area contributed by atoms with Crippen molar-refractivity contribution in [3.63, 3.8) is 0 Å². The zero-order valence-electron chi connectivity index (χ0n) is 33.3. The van der Waals surface area contributed by atoms with Crippen LogP contribution in [-0.4, -0.2) is 37.8 Å². The molecule has 5 aliphatic rings. The Balaban J connectivity index is 0.892. The van der Waals surface area contributed by atoms with Gasteiger partial charge in [0.2, 0.25) is 5.91 Å². The molecule has 57 heavy (non-hydrogen) atoms. The lowest BCUT2D eigenvalue weighted by Gasteiger charge is -2.57. The minimum Gasteiger partial charge on any atom is -0.393 e. The lowest BCUT2D eigenvalue weighted by molar-refractivity contribution is -0.121. The largest absolute Gasteiger partial charge is 0.393 e. The van der Waals surface area contributed by atoms with Crippen LogP contribution < -0.4 is 10.8 Å². The van der Waals surface area contributed by atoms with E-state index < -0.39 is 0 Å². The smallest absolute Gasteiger partial charge is 0.219 e. The molecule has 4 bridgehead atoms. The van der Waals surface area contributed by atoms with Gasteiger partial charge in [-0.2, -0.15) is 0 Å². The van der Waals surface area contributed by atoms with Crippen LogP contribution in [0.1, 0.15) is 113 Å². The number of hydrogen-bond donors (Lipinski definition) is 3. The van der Waals surface area contributed by atoms with Crippen LogP contribution in [0.5, 0.6) is 0 Å². The molecule has 0 radical (unpaired) electrons. The van der Waals surface area contributed by atoms with E-state index in [2.05, 4.69) is 94.5 Å². The summed E-state index contributed by atoms with van der Waals surface area (Å²) < 4.78 is 4.31. The van der Waals surface area contributed by atoms with Crippen molar-refractivity contribution < 1.29 is 9.90 Å². The maximum Gasteiger partial charge on any atom is 0.219 e. The average molecular weight is 760 g/mol. The third-order valence-corrected chi connectivity index (χ3v) is 13.8. The average Bonchev–Trinajstić information content (AvgIpc) is 3.54. The minimum absolute atomic E-state index is 0.137. The molecule has 3 N–H and O–H groups in total. The Morgan fingerprint density at radius 2 is 1.54 bits per heavy atom. The Morgan fingerprint density at radius 1 is 0.860 bits per heavy atom. The third kappa shape index (κ3) is 8.12. The second-order valence-electron chi connectivity index (χ2n) is 17.9. The Labute approximate surface area is 337 Å². The summed E-state index contributed by atoms with van der Waals surface area (Å²) in [4.78, 5) is 17.8. The van der Waals surface area contributed by atoms with E-state index in [0.717, 1.165) is 114 Å². The molecule has 5 fully saturated rings. The summed E-state index contributed by atoms with van der Waals surface area (Å²) >= 11 is 0. The first-order valence-corrected chi connectivity index (χ1v) is 21.7. The summed E-state index contributed by atoms with van der Waals surface area (Å²) in [6.45, 7) is 1.42. The van der Waals surface area contributed by atoms with Gasteiger partial charge in [-0.3, -0.25) is 10.2 Å². The van der Waals surface area contributed by atoms with Crippen LogP contribution in [0.25, 0.3) is 33.4 Å². The predicted molar refractivity (Wildman–Crippen MR) is 227 cm³/mol. The number of unbranched alkanes of at least 4 members (excludes halogenated alkanes) is 2. The lowest BCUT2D eigenvalue weighted by Crippen LogP contribution is -2.47. The molecule has 0 atom stereocenters. The van der Waals surface area contributed by atoms with Crippen LogP contribution in [0, 0.1) is 40.4 Å². The van der Waals surface area contributed by atoms with Crippen LogP contribution >= 0.6 is 0 Å². The van der Waals surface area contributed by atoms with Crippen molar-refractivity contribution >= 4 is 16.9 Å². The Bertz CT molecular complexity index is 2290. The van der Waals surface area contributed by atoms with Crippen molar-refractivity contribution in [2.75, 3.05) is 6.54 Å². The van der Waals surface area contributed by atoms with E-state index in [1.54, 1.807) is 0 Å². The Hall–Kier alpha value is -4.93. The highest BCUT2D eigenvalue weighted by Crippen LogP contribution is 2.61. The van der Waals surface area contributed by atoms with E-state index >= 15 is 0 Å². The van der Waals surface area contributed by atoms with E-state index in [0.29, 0.717) is 23.9 Å². The monoisotopic (exact) mass is 759 g/mol. The maximum atomic E-state index is 12.7. The molecule has 0 saturated heterocycles. The number of nitrogens with zero attached hydrogens (tertiary/aromatic N) is 3. The molecule has 5 aromatic rings. The number of nitrogens with one attached hydrogen (secondary N) is 2.